The van der Waals surface area contributed by atoms with Crippen molar-refractivity contribution in [2.75, 3.05) is 6.54 Å². The van der Waals surface area contributed by atoms with Crippen LogP contribution in [-0.2, 0) is 11.2 Å². The van der Waals surface area contributed by atoms with Crippen LogP contribution in [0.4, 0.5) is 0 Å². The van der Waals surface area contributed by atoms with E-state index in [-0.39, 0.29) is 11.8 Å². The van der Waals surface area contributed by atoms with Crippen molar-refractivity contribution in [2.24, 2.45) is 11.8 Å². The lowest BCUT2D eigenvalue weighted by molar-refractivity contribution is -0.142. The molecule has 114 valence electrons. The molecule has 1 N–H and O–H groups in total. The van der Waals surface area contributed by atoms with Crippen LogP contribution in [0.15, 0.2) is 0 Å². The van der Waals surface area contributed by atoms with Gasteiger partial charge in [-0.2, -0.15) is 0 Å². The molecule has 1 aliphatic carbocycles. The quantitative estimate of drug-likeness (QED) is 0.917. The molecule has 3 rings (SSSR count). The van der Waals surface area contributed by atoms with E-state index in [9.17, 15) is 14.7 Å². The number of likely N-dealkylation sites (tertiary alicyclic amines) is 1. The van der Waals surface area contributed by atoms with Crippen LogP contribution in [0.1, 0.15) is 48.0 Å². The lowest BCUT2D eigenvalue weighted by atomic mass is 9.94. The van der Waals surface area contributed by atoms with Crippen LogP contribution >= 0.6 is 11.5 Å². The predicted octanol–water partition coefficient (Wildman–Crippen LogP) is 1.82. The zero-order chi connectivity index (χ0) is 15.0. The average Bonchev–Trinajstić information content (AvgIpc) is 3.11. The molecule has 7 heteroatoms. The molecule has 1 aromatic rings. The molecule has 1 saturated heterocycles. The number of carbonyl (C=O) groups is 2. The maximum Gasteiger partial charge on any atom is 0.326 e. The molecule has 1 amide bonds. The average molecular weight is 309 g/mol. The van der Waals surface area contributed by atoms with Crippen LogP contribution in [0.25, 0.3) is 0 Å². The molecule has 1 saturated carbocycles. The highest BCUT2D eigenvalue weighted by atomic mass is 32.1. The second-order valence-electron chi connectivity index (χ2n) is 5.89. The predicted molar refractivity (Wildman–Crippen MR) is 77.2 cm³/mol. The molecule has 0 aromatic carbocycles. The van der Waals surface area contributed by atoms with Gasteiger partial charge in [0.15, 0.2) is 0 Å². The van der Waals surface area contributed by atoms with Gasteiger partial charge in [-0.1, -0.05) is 24.3 Å². The number of fused-ring (bicyclic) bond motifs is 1. The topological polar surface area (TPSA) is 83.4 Å². The number of aromatic nitrogens is 2. The van der Waals surface area contributed by atoms with Crippen molar-refractivity contribution in [3.63, 3.8) is 0 Å². The molecular weight excluding hydrogens is 290 g/mol. The van der Waals surface area contributed by atoms with Crippen LogP contribution in [0.3, 0.4) is 0 Å². The summed E-state index contributed by atoms with van der Waals surface area (Å²) >= 11 is 1.08. The minimum Gasteiger partial charge on any atom is -0.480 e. The summed E-state index contributed by atoms with van der Waals surface area (Å²) in [5.41, 5.74) is 0.702. The number of hydrogen-bond acceptors (Lipinski definition) is 5. The van der Waals surface area contributed by atoms with Crippen molar-refractivity contribution in [1.82, 2.24) is 14.5 Å². The van der Waals surface area contributed by atoms with Crippen molar-refractivity contribution < 1.29 is 14.7 Å². The van der Waals surface area contributed by atoms with Crippen LogP contribution in [0.5, 0.6) is 0 Å². The first kappa shape index (κ1) is 14.4. The Kier molecular flexibility index (Phi) is 3.93. The van der Waals surface area contributed by atoms with Gasteiger partial charge in [0.25, 0.3) is 5.91 Å². The molecule has 0 bridgehead atoms. The summed E-state index contributed by atoms with van der Waals surface area (Å²) < 4.78 is 3.87. The van der Waals surface area contributed by atoms with Gasteiger partial charge in [0, 0.05) is 6.54 Å². The Morgan fingerprint density at radius 2 is 2.24 bits per heavy atom. The molecule has 2 fully saturated rings. The Balaban J connectivity index is 1.86. The molecule has 2 heterocycles. The normalized spacial score (nSPS) is 27.9. The Morgan fingerprint density at radius 1 is 1.43 bits per heavy atom. The number of carboxylic acids is 1. The molecule has 21 heavy (non-hydrogen) atoms. The number of aryl methyl sites for hydroxylation is 1. The van der Waals surface area contributed by atoms with Crippen LogP contribution < -0.4 is 0 Å². The minimum atomic E-state index is -0.882. The van der Waals surface area contributed by atoms with E-state index in [0.29, 0.717) is 29.5 Å². The van der Waals surface area contributed by atoms with E-state index in [0.717, 1.165) is 37.2 Å². The number of rotatable bonds is 4. The van der Waals surface area contributed by atoms with Gasteiger partial charge in [-0.15, -0.1) is 5.10 Å². The number of amides is 1. The third kappa shape index (κ3) is 2.43. The van der Waals surface area contributed by atoms with Crippen LogP contribution in [0.2, 0.25) is 0 Å². The fourth-order valence-corrected chi connectivity index (χ4v) is 4.40. The molecule has 6 nitrogen and oxygen atoms in total. The maximum absolute atomic E-state index is 12.7. The molecule has 1 aromatic heterocycles. The van der Waals surface area contributed by atoms with Gasteiger partial charge >= 0.3 is 5.97 Å². The molecule has 0 spiro atoms. The molecule has 0 radical (unpaired) electrons. The molecule has 1 aliphatic heterocycles. The number of carbonyl (C=O) groups excluding carboxylic acids is 1. The van der Waals surface area contributed by atoms with E-state index >= 15 is 0 Å². The summed E-state index contributed by atoms with van der Waals surface area (Å²) in [5, 5.41) is 13.5. The van der Waals surface area contributed by atoms with Crippen molar-refractivity contribution in [1.29, 1.82) is 0 Å². The monoisotopic (exact) mass is 309 g/mol. The fourth-order valence-electron chi connectivity index (χ4n) is 3.73. The van der Waals surface area contributed by atoms with Gasteiger partial charge in [0.1, 0.15) is 10.9 Å². The molecule has 3 unspecified atom stereocenters. The fraction of sp³-hybridized carbons (Fsp3) is 0.714. The largest absolute Gasteiger partial charge is 0.480 e. The number of nitrogens with zero attached hydrogens (tertiary/aromatic N) is 3. The Bertz CT molecular complexity index is 559. The van der Waals surface area contributed by atoms with Gasteiger partial charge in [-0.3, -0.25) is 4.79 Å². The summed E-state index contributed by atoms with van der Waals surface area (Å²) in [5.74, 6) is -0.630. The summed E-state index contributed by atoms with van der Waals surface area (Å²) in [6, 6.07) is -0.679. The standard InChI is InChI=1S/C14H19N3O3S/c1-2-4-10-12(21-16-15-10)13(18)17-7-8-5-3-6-9(8)11(17)14(19)20/h8-9,11H,2-7H2,1H3,(H,19,20). The first-order chi connectivity index (χ1) is 10.1. The zero-order valence-corrected chi connectivity index (χ0v) is 12.8. The highest BCUT2D eigenvalue weighted by Gasteiger charge is 2.50. The SMILES string of the molecule is CCCc1nnsc1C(=O)N1CC2CCCC2C1C(=O)O. The van der Waals surface area contributed by atoms with Gasteiger partial charge in [0.2, 0.25) is 0 Å². The zero-order valence-electron chi connectivity index (χ0n) is 12.0. The van der Waals surface area contributed by atoms with Gasteiger partial charge in [-0.25, -0.2) is 4.79 Å². The summed E-state index contributed by atoms with van der Waals surface area (Å²) in [6.07, 6.45) is 4.61. The van der Waals surface area contributed by atoms with E-state index in [2.05, 4.69) is 9.59 Å². The number of carboxylic acid groups (broad SMARTS) is 1. The second kappa shape index (κ2) is 5.71. The third-order valence-corrected chi connectivity index (χ3v) is 5.40. The Morgan fingerprint density at radius 3 is 2.95 bits per heavy atom. The Labute approximate surface area is 127 Å². The van der Waals surface area contributed by atoms with Gasteiger partial charge < -0.3 is 10.0 Å². The van der Waals surface area contributed by atoms with E-state index in [4.69, 9.17) is 0 Å². The van der Waals surface area contributed by atoms with Gasteiger partial charge in [0.05, 0.1) is 5.69 Å². The van der Waals surface area contributed by atoms with Crippen LogP contribution in [0, 0.1) is 11.8 Å². The molecule has 3 atom stereocenters. The lowest BCUT2D eigenvalue weighted by Gasteiger charge is -2.23. The first-order valence-electron chi connectivity index (χ1n) is 7.48. The first-order valence-corrected chi connectivity index (χ1v) is 8.25. The summed E-state index contributed by atoms with van der Waals surface area (Å²) in [4.78, 5) is 26.4. The van der Waals surface area contributed by atoms with E-state index in [1.807, 2.05) is 6.92 Å². The minimum absolute atomic E-state index is 0.113. The lowest BCUT2D eigenvalue weighted by Crippen LogP contribution is -2.43. The van der Waals surface area contributed by atoms with E-state index in [1.165, 1.54) is 0 Å². The number of aliphatic carboxylic acids is 1. The second-order valence-corrected chi connectivity index (χ2v) is 6.65. The van der Waals surface area contributed by atoms with Crippen molar-refractivity contribution in [2.45, 2.75) is 45.1 Å². The maximum atomic E-state index is 12.7. The molecule has 2 aliphatic rings. The third-order valence-electron chi connectivity index (χ3n) is 4.64. The van der Waals surface area contributed by atoms with Crippen LogP contribution in [-0.4, -0.2) is 44.1 Å². The highest BCUT2D eigenvalue weighted by molar-refractivity contribution is 7.08. The van der Waals surface area contributed by atoms with E-state index in [1.54, 1.807) is 4.90 Å². The smallest absolute Gasteiger partial charge is 0.326 e. The van der Waals surface area contributed by atoms with E-state index < -0.39 is 12.0 Å². The highest BCUT2D eigenvalue weighted by Crippen LogP contribution is 2.43. The summed E-state index contributed by atoms with van der Waals surface area (Å²) in [6.45, 7) is 2.58. The Hall–Kier alpha value is -1.50. The molecular formula is C14H19N3O3S. The van der Waals surface area contributed by atoms with Crippen molar-refractivity contribution in [3.8, 4) is 0 Å². The van der Waals surface area contributed by atoms with Crippen molar-refractivity contribution in [3.05, 3.63) is 10.6 Å². The van der Waals surface area contributed by atoms with Gasteiger partial charge in [-0.05, 0) is 42.6 Å². The number of hydrogen-bond donors (Lipinski definition) is 1. The summed E-state index contributed by atoms with van der Waals surface area (Å²) in [7, 11) is 0. The van der Waals surface area contributed by atoms with Crippen molar-refractivity contribution >= 4 is 23.4 Å².